The van der Waals surface area contributed by atoms with Gasteiger partial charge in [0.1, 0.15) is 0 Å². The first-order valence-electron chi connectivity index (χ1n) is 6.61. The van der Waals surface area contributed by atoms with E-state index < -0.39 is 0 Å². The van der Waals surface area contributed by atoms with Gasteiger partial charge in [-0.05, 0) is 45.1 Å². The summed E-state index contributed by atoms with van der Waals surface area (Å²) in [4.78, 5) is 0. The highest BCUT2D eigenvalue weighted by atomic mass is 16.5. The second-order valence-corrected chi connectivity index (χ2v) is 4.56. The van der Waals surface area contributed by atoms with Crippen molar-refractivity contribution in [2.45, 2.75) is 58.1 Å². The fourth-order valence-electron chi connectivity index (χ4n) is 2.15. The summed E-state index contributed by atoms with van der Waals surface area (Å²) in [5.74, 6) is 3.51. The molecule has 16 heavy (non-hydrogen) atoms. The molecule has 2 atom stereocenters. The molecule has 92 valence electrons. The van der Waals surface area contributed by atoms with Crippen molar-refractivity contribution in [2.24, 2.45) is 5.92 Å². The van der Waals surface area contributed by atoms with E-state index in [-0.39, 0.29) is 0 Å². The standard InChI is InChI=1S/C14H25NO/c1-4-7-8-13(15-11-5-2)14(16-6-3)12-9-10-12/h1,12-15H,5-11H2,2-3H3. The molecule has 0 heterocycles. The first-order chi connectivity index (χ1) is 7.83. The lowest BCUT2D eigenvalue weighted by Gasteiger charge is -2.27. The Balaban J connectivity index is 2.45. The van der Waals surface area contributed by atoms with E-state index in [2.05, 4.69) is 25.1 Å². The van der Waals surface area contributed by atoms with Crippen LogP contribution in [0.1, 0.15) is 46.0 Å². The Morgan fingerprint density at radius 3 is 2.69 bits per heavy atom. The molecule has 1 saturated carbocycles. The van der Waals surface area contributed by atoms with Crippen LogP contribution in [0.15, 0.2) is 0 Å². The van der Waals surface area contributed by atoms with E-state index in [1.54, 1.807) is 0 Å². The van der Waals surface area contributed by atoms with E-state index >= 15 is 0 Å². The van der Waals surface area contributed by atoms with Gasteiger partial charge in [-0.3, -0.25) is 0 Å². The monoisotopic (exact) mass is 223 g/mol. The molecule has 1 aliphatic rings. The largest absolute Gasteiger partial charge is 0.377 e. The number of terminal acetylenes is 1. The number of hydrogen-bond donors (Lipinski definition) is 1. The number of ether oxygens (including phenoxy) is 1. The van der Waals surface area contributed by atoms with Crippen molar-refractivity contribution in [3.05, 3.63) is 0 Å². The Hall–Kier alpha value is -0.520. The van der Waals surface area contributed by atoms with Gasteiger partial charge in [0.2, 0.25) is 0 Å². The lowest BCUT2D eigenvalue weighted by atomic mass is 10.0. The molecule has 0 aromatic rings. The highest BCUT2D eigenvalue weighted by Gasteiger charge is 2.36. The summed E-state index contributed by atoms with van der Waals surface area (Å²) < 4.78 is 5.89. The second-order valence-electron chi connectivity index (χ2n) is 4.56. The zero-order valence-corrected chi connectivity index (χ0v) is 10.7. The number of rotatable bonds is 9. The molecule has 2 nitrogen and oxygen atoms in total. The van der Waals surface area contributed by atoms with Gasteiger partial charge in [-0.2, -0.15) is 0 Å². The van der Waals surface area contributed by atoms with Crippen molar-refractivity contribution in [3.8, 4) is 12.3 Å². The molecular formula is C14H25NO. The van der Waals surface area contributed by atoms with Crippen LogP contribution in [0.25, 0.3) is 0 Å². The predicted molar refractivity (Wildman–Crippen MR) is 68.3 cm³/mol. The first-order valence-corrected chi connectivity index (χ1v) is 6.61. The van der Waals surface area contributed by atoms with Crippen LogP contribution in [0.4, 0.5) is 0 Å². The highest BCUT2D eigenvalue weighted by Crippen LogP contribution is 2.36. The summed E-state index contributed by atoms with van der Waals surface area (Å²) in [6.45, 7) is 6.14. The molecule has 1 fully saturated rings. The topological polar surface area (TPSA) is 21.3 Å². The maximum Gasteiger partial charge on any atom is 0.0756 e. The zero-order valence-electron chi connectivity index (χ0n) is 10.7. The molecule has 0 aliphatic heterocycles. The van der Waals surface area contributed by atoms with Crippen molar-refractivity contribution in [2.75, 3.05) is 13.2 Å². The quantitative estimate of drug-likeness (QED) is 0.607. The van der Waals surface area contributed by atoms with E-state index in [4.69, 9.17) is 11.2 Å². The van der Waals surface area contributed by atoms with Crippen LogP contribution in [0, 0.1) is 18.3 Å². The van der Waals surface area contributed by atoms with Crippen molar-refractivity contribution in [3.63, 3.8) is 0 Å². The third kappa shape index (κ3) is 4.55. The average molecular weight is 223 g/mol. The van der Waals surface area contributed by atoms with Crippen LogP contribution >= 0.6 is 0 Å². The van der Waals surface area contributed by atoms with Gasteiger partial charge in [0.25, 0.3) is 0 Å². The van der Waals surface area contributed by atoms with Crippen LogP contribution in [0.5, 0.6) is 0 Å². The molecular weight excluding hydrogens is 198 g/mol. The van der Waals surface area contributed by atoms with Crippen molar-refractivity contribution in [1.82, 2.24) is 5.32 Å². The predicted octanol–water partition coefficient (Wildman–Crippen LogP) is 2.58. The molecule has 0 radical (unpaired) electrons. The van der Waals surface area contributed by atoms with E-state index in [1.807, 2.05) is 0 Å². The summed E-state index contributed by atoms with van der Waals surface area (Å²) in [6, 6.07) is 0.448. The van der Waals surface area contributed by atoms with Gasteiger partial charge in [0.15, 0.2) is 0 Å². The van der Waals surface area contributed by atoms with Crippen LogP contribution < -0.4 is 5.32 Å². The van der Waals surface area contributed by atoms with Crippen LogP contribution in [-0.2, 0) is 4.74 Å². The van der Waals surface area contributed by atoms with Gasteiger partial charge in [0.05, 0.1) is 6.10 Å². The summed E-state index contributed by atoms with van der Waals surface area (Å²) >= 11 is 0. The fraction of sp³-hybridized carbons (Fsp3) is 0.857. The van der Waals surface area contributed by atoms with Crippen LogP contribution in [0.3, 0.4) is 0 Å². The van der Waals surface area contributed by atoms with Crippen LogP contribution in [-0.4, -0.2) is 25.3 Å². The van der Waals surface area contributed by atoms with Crippen LogP contribution in [0.2, 0.25) is 0 Å². The summed E-state index contributed by atoms with van der Waals surface area (Å²) in [5.41, 5.74) is 0. The Labute approximate surface area is 100 Å². The number of hydrogen-bond acceptors (Lipinski definition) is 2. The van der Waals surface area contributed by atoms with Crippen molar-refractivity contribution >= 4 is 0 Å². The zero-order chi connectivity index (χ0) is 11.8. The number of nitrogens with one attached hydrogen (secondary N) is 1. The fourth-order valence-corrected chi connectivity index (χ4v) is 2.15. The summed E-state index contributed by atoms with van der Waals surface area (Å²) in [6.07, 6.45) is 11.4. The Bertz CT molecular complexity index is 217. The van der Waals surface area contributed by atoms with Gasteiger partial charge < -0.3 is 10.1 Å². The molecule has 0 saturated heterocycles. The lowest BCUT2D eigenvalue weighted by Crippen LogP contribution is -2.43. The molecule has 0 bridgehead atoms. The third-order valence-corrected chi connectivity index (χ3v) is 3.10. The maximum atomic E-state index is 5.89. The van der Waals surface area contributed by atoms with E-state index in [0.29, 0.717) is 12.1 Å². The van der Waals surface area contributed by atoms with E-state index in [1.165, 1.54) is 12.8 Å². The molecule has 2 unspecified atom stereocenters. The third-order valence-electron chi connectivity index (χ3n) is 3.10. The second kappa shape index (κ2) is 7.70. The Kier molecular flexibility index (Phi) is 6.52. The molecule has 0 aromatic heterocycles. The van der Waals surface area contributed by atoms with Gasteiger partial charge in [-0.15, -0.1) is 12.3 Å². The average Bonchev–Trinajstić information content (AvgIpc) is 3.11. The molecule has 1 N–H and O–H groups in total. The van der Waals surface area contributed by atoms with Crippen molar-refractivity contribution in [1.29, 1.82) is 0 Å². The van der Waals surface area contributed by atoms with Gasteiger partial charge in [0, 0.05) is 19.1 Å². The van der Waals surface area contributed by atoms with E-state index in [0.717, 1.165) is 38.3 Å². The molecule has 0 aromatic carbocycles. The molecule has 2 heteroatoms. The van der Waals surface area contributed by atoms with Gasteiger partial charge in [-0.25, -0.2) is 0 Å². The molecule has 0 spiro atoms. The lowest BCUT2D eigenvalue weighted by molar-refractivity contribution is 0.0174. The minimum Gasteiger partial charge on any atom is -0.377 e. The molecule has 1 rings (SSSR count). The Morgan fingerprint density at radius 1 is 1.44 bits per heavy atom. The SMILES string of the molecule is C#CCCC(NCCC)C(OCC)C1CC1. The van der Waals surface area contributed by atoms with Gasteiger partial charge >= 0.3 is 0 Å². The van der Waals surface area contributed by atoms with Gasteiger partial charge in [-0.1, -0.05) is 6.92 Å². The maximum absolute atomic E-state index is 5.89. The normalized spacial score (nSPS) is 19.1. The smallest absolute Gasteiger partial charge is 0.0756 e. The summed E-state index contributed by atoms with van der Waals surface area (Å²) in [5, 5.41) is 3.59. The molecule has 1 aliphatic carbocycles. The van der Waals surface area contributed by atoms with Crippen molar-refractivity contribution < 1.29 is 4.74 Å². The first kappa shape index (κ1) is 13.5. The highest BCUT2D eigenvalue weighted by molar-refractivity contribution is 4.93. The minimum atomic E-state index is 0.380. The molecule has 0 amide bonds. The minimum absolute atomic E-state index is 0.380. The Morgan fingerprint density at radius 2 is 2.19 bits per heavy atom. The summed E-state index contributed by atoms with van der Waals surface area (Å²) in [7, 11) is 0. The van der Waals surface area contributed by atoms with E-state index in [9.17, 15) is 0 Å².